The van der Waals surface area contributed by atoms with Gasteiger partial charge in [-0.3, -0.25) is 5.10 Å². The van der Waals surface area contributed by atoms with Gasteiger partial charge >= 0.3 is 0 Å². The van der Waals surface area contributed by atoms with Crippen LogP contribution < -0.4 is 5.32 Å². The molecule has 0 aliphatic carbocycles. The van der Waals surface area contributed by atoms with Crippen LogP contribution in [0.15, 0.2) is 11.4 Å². The first-order valence-electron chi connectivity index (χ1n) is 5.69. The second-order valence-corrected chi connectivity index (χ2v) is 5.08. The Balaban J connectivity index is 2.23. The molecule has 0 atom stereocenters. The van der Waals surface area contributed by atoms with E-state index in [2.05, 4.69) is 39.3 Å². The average Bonchev–Trinajstić information content (AvgIpc) is 2.72. The predicted octanol–water partition coefficient (Wildman–Crippen LogP) is 2.53. The second kappa shape index (κ2) is 5.35. The maximum absolute atomic E-state index is 4.29. The predicted molar refractivity (Wildman–Crippen MR) is 71.4 cm³/mol. The highest BCUT2D eigenvalue weighted by molar-refractivity contribution is 7.98. The molecule has 0 spiro atoms. The number of thioether (sulfide) groups is 1. The van der Waals surface area contributed by atoms with Crippen LogP contribution >= 0.6 is 11.8 Å². The van der Waals surface area contributed by atoms with Gasteiger partial charge in [0.25, 0.3) is 0 Å². The first kappa shape index (κ1) is 12.2. The first-order valence-corrected chi connectivity index (χ1v) is 6.91. The van der Waals surface area contributed by atoms with Crippen LogP contribution in [-0.2, 0) is 0 Å². The molecule has 92 valence electrons. The zero-order valence-electron chi connectivity index (χ0n) is 10.3. The Kier molecular flexibility index (Phi) is 3.83. The molecule has 0 fully saturated rings. The summed E-state index contributed by atoms with van der Waals surface area (Å²) in [4.78, 5) is 8.46. The molecule has 2 aromatic rings. The molecule has 2 aromatic heterocycles. The first-order chi connectivity index (χ1) is 8.22. The summed E-state index contributed by atoms with van der Waals surface area (Å²) >= 11 is 1.60. The van der Waals surface area contributed by atoms with Crippen molar-refractivity contribution in [3.63, 3.8) is 0 Å². The Morgan fingerprint density at radius 3 is 2.94 bits per heavy atom. The smallest absolute Gasteiger partial charge is 0.161 e. The van der Waals surface area contributed by atoms with Crippen LogP contribution in [-0.4, -0.2) is 33.0 Å². The largest absolute Gasteiger partial charge is 0.369 e. The van der Waals surface area contributed by atoms with Crippen LogP contribution in [0, 0.1) is 5.92 Å². The molecule has 6 heteroatoms. The number of anilines is 1. The molecule has 2 heterocycles. The minimum Gasteiger partial charge on any atom is -0.369 e. The van der Waals surface area contributed by atoms with Crippen LogP contribution in [0.2, 0.25) is 0 Å². The third kappa shape index (κ3) is 2.69. The van der Waals surface area contributed by atoms with Crippen molar-refractivity contribution in [2.75, 3.05) is 18.1 Å². The number of hydrogen-bond donors (Lipinski definition) is 2. The number of nitrogens with zero attached hydrogens (tertiary/aromatic N) is 3. The van der Waals surface area contributed by atoms with Gasteiger partial charge in [0, 0.05) is 6.54 Å². The molecule has 2 N–H and O–H groups in total. The number of aromatic amines is 1. The van der Waals surface area contributed by atoms with Gasteiger partial charge in [0.2, 0.25) is 0 Å². The lowest BCUT2D eigenvalue weighted by Gasteiger charge is -2.08. The van der Waals surface area contributed by atoms with Gasteiger partial charge < -0.3 is 5.32 Å². The quantitative estimate of drug-likeness (QED) is 0.799. The van der Waals surface area contributed by atoms with Gasteiger partial charge in [-0.2, -0.15) is 5.10 Å². The molecule has 0 saturated heterocycles. The summed E-state index contributed by atoms with van der Waals surface area (Å²) in [6.45, 7) is 5.34. The monoisotopic (exact) mass is 251 g/mol. The minimum atomic E-state index is 0.684. The molecule has 0 aliphatic heterocycles. The third-order valence-electron chi connectivity index (χ3n) is 2.53. The molecule has 0 amide bonds. The number of aromatic nitrogens is 4. The van der Waals surface area contributed by atoms with Crippen LogP contribution in [0.25, 0.3) is 11.0 Å². The fourth-order valence-corrected chi connectivity index (χ4v) is 2.13. The van der Waals surface area contributed by atoms with E-state index in [0.717, 1.165) is 34.8 Å². The zero-order valence-corrected chi connectivity index (χ0v) is 11.1. The van der Waals surface area contributed by atoms with Crippen molar-refractivity contribution in [3.05, 3.63) is 6.33 Å². The summed E-state index contributed by atoms with van der Waals surface area (Å²) in [6.07, 6.45) is 4.68. The molecule has 2 rings (SSSR count). The van der Waals surface area contributed by atoms with Crippen molar-refractivity contribution in [1.29, 1.82) is 0 Å². The van der Waals surface area contributed by atoms with Gasteiger partial charge in [-0.05, 0) is 18.6 Å². The maximum Gasteiger partial charge on any atom is 0.161 e. The van der Waals surface area contributed by atoms with E-state index in [1.165, 1.54) is 0 Å². The summed E-state index contributed by atoms with van der Waals surface area (Å²) < 4.78 is 0. The van der Waals surface area contributed by atoms with E-state index in [1.54, 1.807) is 18.1 Å². The standard InChI is InChI=1S/C11H17N5S/c1-7(2)4-5-12-9-8-10(14-6-13-9)15-16-11(8)17-3/h6-7H,4-5H2,1-3H3,(H2,12,13,14,15,16). The fourth-order valence-electron chi connectivity index (χ4n) is 1.59. The van der Waals surface area contributed by atoms with E-state index in [4.69, 9.17) is 0 Å². The van der Waals surface area contributed by atoms with Gasteiger partial charge in [-0.15, -0.1) is 11.8 Å². The molecule has 0 aromatic carbocycles. The summed E-state index contributed by atoms with van der Waals surface area (Å²) in [5.74, 6) is 1.55. The van der Waals surface area contributed by atoms with Gasteiger partial charge in [-0.25, -0.2) is 9.97 Å². The normalized spacial score (nSPS) is 11.3. The van der Waals surface area contributed by atoms with Crippen molar-refractivity contribution in [2.24, 2.45) is 5.92 Å². The Morgan fingerprint density at radius 2 is 2.24 bits per heavy atom. The highest BCUT2D eigenvalue weighted by Crippen LogP contribution is 2.27. The number of hydrogen-bond acceptors (Lipinski definition) is 5. The summed E-state index contributed by atoms with van der Waals surface area (Å²) in [6, 6.07) is 0. The second-order valence-electron chi connectivity index (χ2n) is 4.29. The zero-order chi connectivity index (χ0) is 12.3. The van der Waals surface area contributed by atoms with Gasteiger partial charge in [0.15, 0.2) is 5.65 Å². The summed E-state index contributed by atoms with van der Waals surface area (Å²) in [5.41, 5.74) is 0.788. The Morgan fingerprint density at radius 1 is 1.41 bits per heavy atom. The van der Waals surface area contributed by atoms with E-state index in [-0.39, 0.29) is 0 Å². The maximum atomic E-state index is 4.29. The van der Waals surface area contributed by atoms with Gasteiger partial charge in [0.05, 0.1) is 5.39 Å². The number of H-pyrrole nitrogens is 1. The molecule has 0 unspecified atom stereocenters. The highest BCUT2D eigenvalue weighted by atomic mass is 32.2. The molecule has 0 aliphatic rings. The van der Waals surface area contributed by atoms with Crippen LogP contribution in [0.1, 0.15) is 20.3 Å². The van der Waals surface area contributed by atoms with Crippen molar-refractivity contribution in [1.82, 2.24) is 20.2 Å². The van der Waals surface area contributed by atoms with E-state index in [0.29, 0.717) is 5.92 Å². The molecule has 5 nitrogen and oxygen atoms in total. The van der Waals surface area contributed by atoms with Gasteiger partial charge in [0.1, 0.15) is 17.2 Å². The van der Waals surface area contributed by atoms with Gasteiger partial charge in [-0.1, -0.05) is 13.8 Å². The van der Waals surface area contributed by atoms with E-state index in [1.807, 2.05) is 6.26 Å². The third-order valence-corrected chi connectivity index (χ3v) is 3.21. The summed E-state index contributed by atoms with van der Waals surface area (Å²) in [5, 5.41) is 12.4. The SMILES string of the molecule is CSc1n[nH]c2ncnc(NCCC(C)C)c12. The Bertz CT molecular complexity index is 494. The van der Waals surface area contributed by atoms with Crippen LogP contribution in [0.4, 0.5) is 5.82 Å². The lowest BCUT2D eigenvalue weighted by Crippen LogP contribution is -2.06. The average molecular weight is 251 g/mol. The minimum absolute atomic E-state index is 0.684. The number of fused-ring (bicyclic) bond motifs is 1. The van der Waals surface area contributed by atoms with E-state index in [9.17, 15) is 0 Å². The lowest BCUT2D eigenvalue weighted by molar-refractivity contribution is 0.607. The van der Waals surface area contributed by atoms with Crippen molar-refractivity contribution >= 4 is 28.6 Å². The Hall–Kier alpha value is -1.30. The topological polar surface area (TPSA) is 66.5 Å². The molecule has 0 bridgehead atoms. The van der Waals surface area contributed by atoms with E-state index >= 15 is 0 Å². The highest BCUT2D eigenvalue weighted by Gasteiger charge is 2.11. The number of rotatable bonds is 5. The van der Waals surface area contributed by atoms with E-state index < -0.39 is 0 Å². The van der Waals surface area contributed by atoms with Crippen molar-refractivity contribution in [2.45, 2.75) is 25.3 Å². The summed E-state index contributed by atoms with van der Waals surface area (Å²) in [7, 11) is 0. The number of nitrogens with one attached hydrogen (secondary N) is 2. The molecule has 0 radical (unpaired) electrons. The van der Waals surface area contributed by atoms with Crippen LogP contribution in [0.3, 0.4) is 0 Å². The lowest BCUT2D eigenvalue weighted by atomic mass is 10.1. The molecular formula is C11H17N5S. The molecule has 17 heavy (non-hydrogen) atoms. The fraction of sp³-hybridized carbons (Fsp3) is 0.545. The van der Waals surface area contributed by atoms with Crippen molar-refractivity contribution < 1.29 is 0 Å². The molecular weight excluding hydrogens is 234 g/mol. The van der Waals surface area contributed by atoms with Crippen LogP contribution in [0.5, 0.6) is 0 Å². The molecule has 0 saturated carbocycles. The Labute approximate surface area is 105 Å². The van der Waals surface area contributed by atoms with Crippen molar-refractivity contribution in [3.8, 4) is 0 Å².